The molecule has 0 fully saturated rings. The Labute approximate surface area is 109 Å². The first-order chi connectivity index (χ1) is 8.23. The quantitative estimate of drug-likeness (QED) is 0.837. The molecule has 18 heavy (non-hydrogen) atoms. The SMILES string of the molecule is CC(CNCC(F)(F)c1ccccc1)C(C)(C)C. The van der Waals surface area contributed by atoms with Gasteiger partial charge in [0.2, 0.25) is 0 Å². The molecule has 102 valence electrons. The third-order valence-corrected chi connectivity index (χ3v) is 3.47. The van der Waals surface area contributed by atoms with Crippen molar-refractivity contribution < 1.29 is 8.78 Å². The highest BCUT2D eigenvalue weighted by Crippen LogP contribution is 2.28. The number of halogens is 2. The minimum atomic E-state index is -2.81. The van der Waals surface area contributed by atoms with Crippen LogP contribution >= 0.6 is 0 Å². The lowest BCUT2D eigenvalue weighted by atomic mass is 9.82. The monoisotopic (exact) mass is 255 g/mol. The number of hydrogen-bond acceptors (Lipinski definition) is 1. The molecule has 0 aliphatic heterocycles. The van der Waals surface area contributed by atoms with Crippen LogP contribution in [0.5, 0.6) is 0 Å². The van der Waals surface area contributed by atoms with Gasteiger partial charge in [-0.3, -0.25) is 0 Å². The molecule has 0 aliphatic carbocycles. The maximum absolute atomic E-state index is 13.8. The fraction of sp³-hybridized carbons (Fsp3) is 0.600. The van der Waals surface area contributed by atoms with Crippen LogP contribution in [0, 0.1) is 11.3 Å². The van der Waals surface area contributed by atoms with E-state index >= 15 is 0 Å². The van der Waals surface area contributed by atoms with Crippen LogP contribution in [0.1, 0.15) is 33.3 Å². The predicted octanol–water partition coefficient (Wildman–Crippen LogP) is 4.05. The molecule has 1 atom stereocenters. The van der Waals surface area contributed by atoms with Crippen molar-refractivity contribution in [2.45, 2.75) is 33.6 Å². The van der Waals surface area contributed by atoms with Crippen LogP contribution in [0.25, 0.3) is 0 Å². The lowest BCUT2D eigenvalue weighted by Crippen LogP contribution is -2.36. The highest BCUT2D eigenvalue weighted by Gasteiger charge is 2.31. The van der Waals surface area contributed by atoms with Gasteiger partial charge in [0.15, 0.2) is 0 Å². The smallest absolute Gasteiger partial charge is 0.285 e. The van der Waals surface area contributed by atoms with E-state index in [1.54, 1.807) is 18.2 Å². The fourth-order valence-corrected chi connectivity index (χ4v) is 1.54. The average Bonchev–Trinajstić information content (AvgIpc) is 2.28. The van der Waals surface area contributed by atoms with Gasteiger partial charge in [-0.05, 0) is 17.9 Å². The lowest BCUT2D eigenvalue weighted by Gasteiger charge is -2.28. The molecule has 1 rings (SSSR count). The first-order valence-corrected chi connectivity index (χ1v) is 6.37. The molecule has 1 unspecified atom stereocenters. The van der Waals surface area contributed by atoms with Gasteiger partial charge in [-0.2, -0.15) is 8.78 Å². The molecule has 1 aromatic carbocycles. The van der Waals surface area contributed by atoms with Gasteiger partial charge in [0, 0.05) is 5.56 Å². The Morgan fingerprint density at radius 1 is 1.11 bits per heavy atom. The Kier molecular flexibility index (Phi) is 4.85. The van der Waals surface area contributed by atoms with E-state index in [2.05, 4.69) is 33.0 Å². The van der Waals surface area contributed by atoms with Crippen LogP contribution in [0.2, 0.25) is 0 Å². The van der Waals surface area contributed by atoms with Crippen molar-refractivity contribution in [2.75, 3.05) is 13.1 Å². The summed E-state index contributed by atoms with van der Waals surface area (Å²) in [6.45, 7) is 8.73. The summed E-state index contributed by atoms with van der Waals surface area (Å²) in [5.41, 5.74) is 0.204. The van der Waals surface area contributed by atoms with Gasteiger partial charge in [0.1, 0.15) is 0 Å². The van der Waals surface area contributed by atoms with Gasteiger partial charge in [0.05, 0.1) is 6.54 Å². The normalized spacial score (nSPS) is 14.6. The summed E-state index contributed by atoms with van der Waals surface area (Å²) in [6, 6.07) is 7.96. The second-order valence-corrected chi connectivity index (χ2v) is 5.97. The number of benzene rings is 1. The molecular weight excluding hydrogens is 232 g/mol. The molecule has 0 bridgehead atoms. The highest BCUT2D eigenvalue weighted by atomic mass is 19.3. The van der Waals surface area contributed by atoms with Crippen molar-refractivity contribution in [1.82, 2.24) is 5.32 Å². The molecule has 0 saturated heterocycles. The van der Waals surface area contributed by atoms with E-state index in [4.69, 9.17) is 0 Å². The highest BCUT2D eigenvalue weighted by molar-refractivity contribution is 5.20. The molecule has 0 saturated carbocycles. The van der Waals surface area contributed by atoms with E-state index in [-0.39, 0.29) is 17.5 Å². The number of alkyl halides is 2. The van der Waals surface area contributed by atoms with Crippen LogP contribution in [0.4, 0.5) is 8.78 Å². The summed E-state index contributed by atoms with van der Waals surface area (Å²) in [4.78, 5) is 0. The van der Waals surface area contributed by atoms with Gasteiger partial charge in [-0.25, -0.2) is 0 Å². The molecule has 0 amide bonds. The first kappa shape index (κ1) is 15.1. The topological polar surface area (TPSA) is 12.0 Å². The summed E-state index contributed by atoms with van der Waals surface area (Å²) in [5.74, 6) is -2.46. The molecular formula is C15H23F2N. The molecule has 0 spiro atoms. The molecule has 1 aromatic rings. The van der Waals surface area contributed by atoms with Gasteiger partial charge in [0.25, 0.3) is 5.92 Å². The first-order valence-electron chi connectivity index (χ1n) is 6.37. The molecule has 1 N–H and O–H groups in total. The van der Waals surface area contributed by atoms with Crippen LogP contribution in [0.3, 0.4) is 0 Å². The second kappa shape index (κ2) is 5.79. The Morgan fingerprint density at radius 3 is 2.17 bits per heavy atom. The fourth-order valence-electron chi connectivity index (χ4n) is 1.54. The number of hydrogen-bond donors (Lipinski definition) is 1. The van der Waals surface area contributed by atoms with E-state index in [0.29, 0.717) is 12.5 Å². The minimum absolute atomic E-state index is 0.0703. The van der Waals surface area contributed by atoms with E-state index in [1.807, 2.05) is 0 Å². The summed E-state index contributed by atoms with van der Waals surface area (Å²) in [6.07, 6.45) is 0. The predicted molar refractivity (Wildman–Crippen MR) is 71.8 cm³/mol. The van der Waals surface area contributed by atoms with Crippen LogP contribution in [-0.4, -0.2) is 13.1 Å². The van der Waals surface area contributed by atoms with Crippen molar-refractivity contribution in [1.29, 1.82) is 0 Å². The van der Waals surface area contributed by atoms with Gasteiger partial charge in [-0.15, -0.1) is 0 Å². The van der Waals surface area contributed by atoms with Crippen molar-refractivity contribution in [3.8, 4) is 0 Å². The maximum Gasteiger partial charge on any atom is 0.285 e. The number of nitrogens with one attached hydrogen (secondary N) is 1. The number of rotatable bonds is 5. The summed E-state index contributed by atoms with van der Waals surface area (Å²) in [7, 11) is 0. The Balaban J connectivity index is 2.49. The van der Waals surface area contributed by atoms with Crippen molar-refractivity contribution >= 4 is 0 Å². The molecule has 0 radical (unpaired) electrons. The van der Waals surface area contributed by atoms with Crippen molar-refractivity contribution in [3.05, 3.63) is 35.9 Å². The average molecular weight is 255 g/mol. The zero-order valence-corrected chi connectivity index (χ0v) is 11.6. The zero-order valence-electron chi connectivity index (χ0n) is 11.6. The van der Waals surface area contributed by atoms with Crippen LogP contribution in [0.15, 0.2) is 30.3 Å². The third-order valence-electron chi connectivity index (χ3n) is 3.47. The van der Waals surface area contributed by atoms with Crippen LogP contribution in [-0.2, 0) is 5.92 Å². The molecule has 1 nitrogen and oxygen atoms in total. The molecule has 3 heteroatoms. The summed E-state index contributed by atoms with van der Waals surface area (Å²) in [5, 5.41) is 2.88. The van der Waals surface area contributed by atoms with Crippen molar-refractivity contribution in [2.24, 2.45) is 11.3 Å². The molecule has 0 heterocycles. The Hall–Kier alpha value is -0.960. The van der Waals surface area contributed by atoms with E-state index in [9.17, 15) is 8.78 Å². The van der Waals surface area contributed by atoms with Crippen molar-refractivity contribution in [3.63, 3.8) is 0 Å². The Bertz CT molecular complexity index is 355. The summed E-state index contributed by atoms with van der Waals surface area (Å²) >= 11 is 0. The summed E-state index contributed by atoms with van der Waals surface area (Å²) < 4.78 is 27.7. The molecule has 0 aliphatic rings. The zero-order chi connectivity index (χ0) is 13.8. The minimum Gasteiger partial charge on any atom is -0.311 e. The van der Waals surface area contributed by atoms with Gasteiger partial charge < -0.3 is 5.32 Å². The van der Waals surface area contributed by atoms with Gasteiger partial charge >= 0.3 is 0 Å². The third kappa shape index (κ3) is 4.37. The Morgan fingerprint density at radius 2 is 1.67 bits per heavy atom. The van der Waals surface area contributed by atoms with E-state index < -0.39 is 5.92 Å². The largest absolute Gasteiger partial charge is 0.311 e. The van der Waals surface area contributed by atoms with Crippen LogP contribution < -0.4 is 5.32 Å². The van der Waals surface area contributed by atoms with E-state index in [0.717, 1.165) is 0 Å². The second-order valence-electron chi connectivity index (χ2n) is 5.97. The standard InChI is InChI=1S/C15H23F2N/c1-12(14(2,3)4)10-18-11-15(16,17)13-8-6-5-7-9-13/h5-9,12,18H,10-11H2,1-4H3. The lowest BCUT2D eigenvalue weighted by molar-refractivity contribution is -0.00474. The van der Waals surface area contributed by atoms with Gasteiger partial charge in [-0.1, -0.05) is 58.0 Å². The maximum atomic E-state index is 13.8. The van der Waals surface area contributed by atoms with E-state index in [1.165, 1.54) is 12.1 Å². The molecule has 0 aromatic heterocycles.